The molecule has 5 heterocycles. The highest BCUT2D eigenvalue weighted by Gasteiger charge is 2.52. The van der Waals surface area contributed by atoms with Crippen LogP contribution in [0.2, 0.25) is 0 Å². The molecule has 8 N–H and O–H groups in total. The van der Waals surface area contributed by atoms with E-state index in [-0.39, 0.29) is 63.3 Å². The zero-order chi connectivity index (χ0) is 64.3. The number of unbranched alkanes of at least 4 members (excludes halogenated alkanes) is 1. The van der Waals surface area contributed by atoms with Crippen LogP contribution in [0.25, 0.3) is 18.2 Å². The molecule has 4 aromatic carbocycles. The molecule has 91 heavy (non-hydrogen) atoms. The Morgan fingerprint density at radius 3 is 2.10 bits per heavy atom. The lowest BCUT2D eigenvalue weighted by molar-refractivity contribution is -0.360. The molecule has 0 radical (unpaired) electrons. The largest absolute Gasteiger partial charge is 0.737 e. The number of allylic oxidation sites excluding steroid dienone is 2. The number of thiophene rings is 1. The first-order chi connectivity index (χ1) is 44.0. The van der Waals surface area contributed by atoms with Gasteiger partial charge in [-0.05, 0) is 116 Å². The molecule has 19 nitrogen and oxygen atoms in total. The van der Waals surface area contributed by atoms with Gasteiger partial charge in [-0.1, -0.05) is 103 Å². The van der Waals surface area contributed by atoms with Gasteiger partial charge in [0.05, 0.1) is 4.88 Å². The van der Waals surface area contributed by atoms with Gasteiger partial charge in [0.15, 0.2) is 18.0 Å². The van der Waals surface area contributed by atoms with Crippen molar-refractivity contribution in [3.63, 3.8) is 0 Å². The third-order valence-electron chi connectivity index (χ3n) is 16.0. The van der Waals surface area contributed by atoms with E-state index in [9.17, 15) is 33.6 Å². The first-order valence-electron chi connectivity index (χ1n) is 30.8. The van der Waals surface area contributed by atoms with Crippen LogP contribution in [-0.2, 0) is 46.4 Å². The van der Waals surface area contributed by atoms with E-state index >= 15 is 8.63 Å². The van der Waals surface area contributed by atoms with Gasteiger partial charge in [-0.15, -0.1) is 11.3 Å². The lowest BCUT2D eigenvalue weighted by atomic mass is 9.90. The molecule has 3 aliphatic heterocycles. The molecule has 0 unspecified atom stereocenters. The highest BCUT2D eigenvalue weighted by molar-refractivity contribution is 7.12. The Bertz CT molecular complexity index is 3650. The van der Waals surface area contributed by atoms with Crippen LogP contribution >= 0.6 is 11.3 Å². The van der Waals surface area contributed by atoms with Crippen molar-refractivity contribution >= 4 is 83.6 Å². The number of rotatable bonds is 31. The SMILES string of the molecule is C[C@H](NC(=O)[C@H](C)NC(=O)[C@H](Cc1ccccc1)NC(=O)CCN1CCC(Oc2ccccc2Cc2ccccc2)CC1)C(=O)NCCC(=O)N[C@@H](CCCCNC(=O)COc1ccc(/C=C/c2ccc3n2[B-](F)(F)[N+]2=C(c4cccs4)C=CC2=C3)cc1)C(N)=O. The molecule has 9 rings (SSSR count). The van der Waals surface area contributed by atoms with Gasteiger partial charge >= 0.3 is 6.97 Å². The molecule has 476 valence electrons. The topological polar surface area (TPSA) is 247 Å². The fraction of sp³-hybridized carbons (Fsp3) is 0.324. The molecule has 0 saturated carbocycles. The number of nitrogens with zero attached hydrogens (tertiary/aromatic N) is 3. The molecule has 1 fully saturated rings. The monoisotopic (exact) mass is 1260 g/mol. The summed E-state index contributed by atoms with van der Waals surface area (Å²) < 4.78 is 46.8. The molecule has 0 spiro atoms. The number of nitrogens with two attached hydrogens (primary N) is 1. The minimum absolute atomic E-state index is 0.0455. The maximum Gasteiger partial charge on any atom is 0.737 e. The number of aromatic nitrogens is 1. The quantitative estimate of drug-likeness (QED) is 0.0178. The smallest absolute Gasteiger partial charge is 0.490 e. The van der Waals surface area contributed by atoms with Gasteiger partial charge in [-0.3, -0.25) is 33.6 Å². The van der Waals surface area contributed by atoms with Crippen molar-refractivity contribution in [1.82, 2.24) is 41.3 Å². The highest BCUT2D eigenvalue weighted by atomic mass is 32.1. The fourth-order valence-corrected chi connectivity index (χ4v) is 11.8. The summed E-state index contributed by atoms with van der Waals surface area (Å²) in [4.78, 5) is 94.1. The normalized spacial score (nSPS) is 15.7. The molecule has 0 bridgehead atoms. The fourth-order valence-electron chi connectivity index (χ4n) is 11.1. The van der Waals surface area contributed by atoms with E-state index in [1.807, 2.05) is 84.2 Å². The van der Waals surface area contributed by atoms with Crippen LogP contribution < -0.4 is 47.1 Å². The van der Waals surface area contributed by atoms with Crippen molar-refractivity contribution in [3.05, 3.63) is 195 Å². The van der Waals surface area contributed by atoms with Gasteiger partial charge in [0, 0.05) is 88.0 Å². The van der Waals surface area contributed by atoms with Gasteiger partial charge in [-0.2, -0.15) is 0 Å². The van der Waals surface area contributed by atoms with Crippen LogP contribution in [0, 0.1) is 0 Å². The van der Waals surface area contributed by atoms with E-state index in [1.54, 1.807) is 66.8 Å². The number of carbonyl (C=O) groups is 7. The maximum atomic E-state index is 16.2. The summed E-state index contributed by atoms with van der Waals surface area (Å²) in [7, 11) is 0. The number of ether oxygens (including phenoxy) is 2. The Morgan fingerprint density at radius 2 is 1.37 bits per heavy atom. The van der Waals surface area contributed by atoms with Gasteiger partial charge < -0.3 is 69.6 Å². The van der Waals surface area contributed by atoms with Crippen LogP contribution in [0.15, 0.2) is 157 Å². The maximum absolute atomic E-state index is 16.2. The van der Waals surface area contributed by atoms with Crippen molar-refractivity contribution in [2.45, 2.75) is 102 Å². The van der Waals surface area contributed by atoms with Gasteiger partial charge in [-0.25, -0.2) is 0 Å². The summed E-state index contributed by atoms with van der Waals surface area (Å²) >= 11 is 1.41. The Hall–Kier alpha value is -9.48. The summed E-state index contributed by atoms with van der Waals surface area (Å²) in [6.45, 7) is 0.619. The van der Waals surface area contributed by atoms with E-state index < -0.39 is 60.7 Å². The van der Waals surface area contributed by atoms with E-state index in [4.69, 9.17) is 15.2 Å². The molecule has 7 amide bonds. The molecule has 2 aromatic heterocycles. The first kappa shape index (κ1) is 66.0. The number of nitrogens with one attached hydrogen (secondary N) is 6. The highest BCUT2D eigenvalue weighted by Crippen LogP contribution is 2.35. The lowest BCUT2D eigenvalue weighted by Gasteiger charge is -2.32. The summed E-state index contributed by atoms with van der Waals surface area (Å²) in [5, 5.41) is 17.9. The molecule has 23 heteroatoms. The zero-order valence-electron chi connectivity index (χ0n) is 51.0. The Morgan fingerprint density at radius 1 is 0.692 bits per heavy atom. The Labute approximate surface area is 532 Å². The second kappa shape index (κ2) is 31.8. The summed E-state index contributed by atoms with van der Waals surface area (Å²) in [6.07, 6.45) is 12.2. The number of primary amides is 1. The number of benzene rings is 4. The molecule has 3 aliphatic rings. The molecule has 4 atom stereocenters. The number of hydrogen-bond donors (Lipinski definition) is 7. The molecule has 1 saturated heterocycles. The molecular weight excluding hydrogens is 1180 g/mol. The van der Waals surface area contributed by atoms with E-state index in [2.05, 4.69) is 55.0 Å². The number of halogens is 2. The third kappa shape index (κ3) is 18.6. The van der Waals surface area contributed by atoms with Crippen LogP contribution in [-0.4, -0.2) is 137 Å². The van der Waals surface area contributed by atoms with Crippen molar-refractivity contribution in [1.29, 1.82) is 0 Å². The summed E-state index contributed by atoms with van der Waals surface area (Å²) in [5.41, 5.74) is 11.1. The van der Waals surface area contributed by atoms with Gasteiger partial charge in [0.25, 0.3) is 5.91 Å². The first-order valence-corrected chi connectivity index (χ1v) is 31.7. The van der Waals surface area contributed by atoms with Crippen LogP contribution in [0.5, 0.6) is 11.5 Å². The number of amides is 7. The van der Waals surface area contributed by atoms with Crippen LogP contribution in [0.1, 0.15) is 97.3 Å². The number of fused-ring (bicyclic) bond motifs is 2. The van der Waals surface area contributed by atoms with E-state index in [0.29, 0.717) is 47.9 Å². The Balaban J connectivity index is 0.629. The molecule has 6 aromatic rings. The number of carbonyl (C=O) groups excluding carboxylic acids is 7. The average molecular weight is 1260 g/mol. The van der Waals surface area contributed by atoms with Crippen molar-refractivity contribution in [2.24, 2.45) is 5.73 Å². The summed E-state index contributed by atoms with van der Waals surface area (Å²) in [6, 6.07) is 37.3. The predicted molar refractivity (Wildman–Crippen MR) is 348 cm³/mol. The predicted octanol–water partition coefficient (Wildman–Crippen LogP) is 6.77. The average Bonchev–Trinajstić information content (AvgIpc) is 1.67. The van der Waals surface area contributed by atoms with Crippen molar-refractivity contribution in [2.75, 3.05) is 39.3 Å². The standard InChI is InChI=1S/C68H77BF2N10O9S/c1-46(75-67(87)47(2)76-68(88)58(43-50-16-7-4-8-17-50)78-63(83)35-40-79-38-33-56(34-39-79)90-60-20-10-9-18-51(60)42-49-14-5-3-6-15-49)66(86)74-37-32-62(82)77-57(65(72)85)19-11-12-36-73-64(84)45-89-55-29-23-48(24-30-55)22-25-52-26-27-53-44-54-28-31-59(61-21-13-41-91-61)81(54)69(70,71)80(52)53/h3-10,13-18,20-31,41,44,46-47,56-58H,11-12,19,32-40,42-43,45H2,1-2H3,(H2,72,85)(H,73,84)(H,74,86)(H,75,87)(H,76,88)(H,77,82)(H,78,83)/b25-22+/t46-,47-,57-,58-/m0/s1. The molecule has 0 aliphatic carbocycles. The van der Waals surface area contributed by atoms with E-state index in [1.165, 1.54) is 30.7 Å². The van der Waals surface area contributed by atoms with E-state index in [0.717, 1.165) is 68.6 Å². The minimum Gasteiger partial charge on any atom is -0.490 e. The molecular formula is C68H77BF2N10O9S. The second-order valence-corrected chi connectivity index (χ2v) is 23.8. The second-order valence-electron chi connectivity index (χ2n) is 22.8. The third-order valence-corrected chi connectivity index (χ3v) is 16.9. The number of hydrogen-bond acceptors (Lipinski definition) is 11. The Kier molecular flexibility index (Phi) is 23.1. The lowest BCUT2D eigenvalue weighted by Crippen LogP contribution is -2.56. The number of likely N-dealkylation sites (tertiary alicyclic amines) is 1. The van der Waals surface area contributed by atoms with Crippen LogP contribution in [0.3, 0.4) is 0 Å². The van der Waals surface area contributed by atoms with Crippen LogP contribution in [0.4, 0.5) is 8.63 Å². The zero-order valence-corrected chi connectivity index (χ0v) is 51.8. The minimum atomic E-state index is -4.17. The number of piperidine rings is 1. The van der Waals surface area contributed by atoms with Gasteiger partial charge in [0.2, 0.25) is 35.4 Å². The summed E-state index contributed by atoms with van der Waals surface area (Å²) in [5.74, 6) is -2.50. The number of para-hydroxylation sites is 1. The van der Waals surface area contributed by atoms with Crippen molar-refractivity contribution in [3.8, 4) is 11.5 Å². The van der Waals surface area contributed by atoms with Gasteiger partial charge in [0.1, 0.15) is 41.8 Å². The van der Waals surface area contributed by atoms with Crippen molar-refractivity contribution < 1.29 is 56.2 Å².